The van der Waals surface area contributed by atoms with Crippen LogP contribution < -0.4 is 0 Å². The maximum atomic E-state index is 10.6. The molecular formula is C10H7N5O2S2. The Kier molecular flexibility index (Phi) is 2.91. The summed E-state index contributed by atoms with van der Waals surface area (Å²) in [7, 11) is 1.62. The van der Waals surface area contributed by atoms with Gasteiger partial charge in [0.15, 0.2) is 4.34 Å². The summed E-state index contributed by atoms with van der Waals surface area (Å²) in [5, 5.41) is 14.8. The van der Waals surface area contributed by atoms with Crippen molar-refractivity contribution in [2.24, 2.45) is 7.05 Å². The van der Waals surface area contributed by atoms with Crippen molar-refractivity contribution in [2.45, 2.75) is 9.50 Å². The molecule has 0 aliphatic rings. The predicted molar refractivity (Wildman–Crippen MR) is 71.4 cm³/mol. The van der Waals surface area contributed by atoms with E-state index in [2.05, 4.69) is 15.1 Å². The molecule has 0 spiro atoms. The molecule has 2 aromatic heterocycles. The lowest BCUT2D eigenvalue weighted by Gasteiger charge is -1.88. The average Bonchev–Trinajstić information content (AvgIpc) is 2.93. The molecule has 0 N–H and O–H groups in total. The maximum absolute atomic E-state index is 10.6. The van der Waals surface area contributed by atoms with Gasteiger partial charge < -0.3 is 10.1 Å². The first kappa shape index (κ1) is 12.1. The summed E-state index contributed by atoms with van der Waals surface area (Å²) < 4.78 is 3.24. The summed E-state index contributed by atoms with van der Waals surface area (Å²) in [5.41, 5.74) is 0.909. The largest absolute Gasteiger partial charge is 0.492 e. The molecule has 3 rings (SSSR count). The lowest BCUT2D eigenvalue weighted by atomic mass is 10.3. The van der Waals surface area contributed by atoms with Gasteiger partial charge in [0.2, 0.25) is 0 Å². The van der Waals surface area contributed by atoms with Crippen molar-refractivity contribution in [2.75, 3.05) is 0 Å². The van der Waals surface area contributed by atoms with Gasteiger partial charge in [-0.1, -0.05) is 12.1 Å². The topological polar surface area (TPSA) is 86.7 Å². The number of nitrogens with zero attached hydrogens (tertiary/aromatic N) is 5. The molecule has 0 atom stereocenters. The van der Waals surface area contributed by atoms with Gasteiger partial charge in [-0.05, 0) is 22.0 Å². The van der Waals surface area contributed by atoms with Crippen molar-refractivity contribution in [1.82, 2.24) is 19.7 Å². The van der Waals surface area contributed by atoms with Crippen molar-refractivity contribution >= 4 is 39.3 Å². The first-order valence-electron chi connectivity index (χ1n) is 5.22. The number of aryl methyl sites for hydroxylation is 1. The zero-order chi connectivity index (χ0) is 13.4. The van der Waals surface area contributed by atoms with Crippen LogP contribution in [0.2, 0.25) is 0 Å². The molecule has 1 aromatic carbocycles. The number of hydrogen-bond donors (Lipinski definition) is 0. The standard InChI is InChI=1S/C10H7N5O2S2/c1-14-9(12-8(13-14)15(16)17)19-10-11-6-4-2-3-5-7(6)18-10/h2-5H,1H3. The van der Waals surface area contributed by atoms with Crippen molar-refractivity contribution in [3.05, 3.63) is 34.4 Å². The summed E-state index contributed by atoms with van der Waals surface area (Å²) in [6.45, 7) is 0. The van der Waals surface area contributed by atoms with Crippen LogP contribution in [0.4, 0.5) is 5.95 Å². The van der Waals surface area contributed by atoms with Gasteiger partial charge in [-0.15, -0.1) is 11.3 Å². The van der Waals surface area contributed by atoms with E-state index in [0.29, 0.717) is 5.16 Å². The fourth-order valence-corrected chi connectivity index (χ4v) is 3.45. The number of para-hydroxylation sites is 1. The third-order valence-corrected chi connectivity index (χ3v) is 4.46. The number of benzene rings is 1. The van der Waals surface area contributed by atoms with Crippen molar-refractivity contribution in [1.29, 1.82) is 0 Å². The number of fused-ring (bicyclic) bond motifs is 1. The van der Waals surface area contributed by atoms with Crippen LogP contribution in [-0.2, 0) is 7.05 Å². The van der Waals surface area contributed by atoms with E-state index in [0.717, 1.165) is 14.6 Å². The summed E-state index contributed by atoms with van der Waals surface area (Å²) in [6, 6.07) is 7.77. The van der Waals surface area contributed by atoms with Crippen LogP contribution >= 0.6 is 23.1 Å². The van der Waals surface area contributed by atoms with E-state index in [1.165, 1.54) is 27.8 Å². The van der Waals surface area contributed by atoms with E-state index in [1.54, 1.807) is 7.05 Å². The van der Waals surface area contributed by atoms with E-state index in [4.69, 9.17) is 0 Å². The molecule has 0 radical (unpaired) electrons. The predicted octanol–water partition coefficient (Wildman–Crippen LogP) is 2.48. The number of aromatic nitrogens is 4. The normalized spacial score (nSPS) is 11.0. The second kappa shape index (κ2) is 4.59. The van der Waals surface area contributed by atoms with Crippen LogP contribution in [0.3, 0.4) is 0 Å². The van der Waals surface area contributed by atoms with Crippen molar-refractivity contribution < 1.29 is 4.92 Å². The molecule has 7 nitrogen and oxygen atoms in total. The van der Waals surface area contributed by atoms with Gasteiger partial charge in [0.05, 0.1) is 10.2 Å². The molecule has 0 bridgehead atoms. The summed E-state index contributed by atoms with van der Waals surface area (Å²) in [6.07, 6.45) is 0. The summed E-state index contributed by atoms with van der Waals surface area (Å²) in [4.78, 5) is 18.3. The highest BCUT2D eigenvalue weighted by Gasteiger charge is 2.21. The van der Waals surface area contributed by atoms with Gasteiger partial charge in [0.25, 0.3) is 5.16 Å². The first-order valence-corrected chi connectivity index (χ1v) is 6.85. The van der Waals surface area contributed by atoms with E-state index in [1.807, 2.05) is 24.3 Å². The highest BCUT2D eigenvalue weighted by atomic mass is 32.2. The number of hydrogen-bond acceptors (Lipinski definition) is 7. The SMILES string of the molecule is Cn1nc([N+](=O)[O-])nc1Sc1nc2ccccc2s1. The third-order valence-electron chi connectivity index (χ3n) is 2.33. The Labute approximate surface area is 115 Å². The lowest BCUT2D eigenvalue weighted by molar-refractivity contribution is -0.394. The lowest BCUT2D eigenvalue weighted by Crippen LogP contribution is -1.93. The van der Waals surface area contributed by atoms with Gasteiger partial charge in [-0.2, -0.15) is 4.68 Å². The Balaban J connectivity index is 1.94. The average molecular weight is 293 g/mol. The highest BCUT2D eigenvalue weighted by Crippen LogP contribution is 2.33. The monoisotopic (exact) mass is 293 g/mol. The molecule has 19 heavy (non-hydrogen) atoms. The zero-order valence-corrected chi connectivity index (χ0v) is 11.3. The molecule has 0 aliphatic heterocycles. The molecule has 0 saturated heterocycles. The minimum Gasteiger partial charge on any atom is -0.390 e. The molecular weight excluding hydrogens is 286 g/mol. The van der Waals surface area contributed by atoms with Crippen molar-refractivity contribution in [3.63, 3.8) is 0 Å². The Morgan fingerprint density at radius 1 is 1.37 bits per heavy atom. The molecule has 0 saturated carbocycles. The fraction of sp³-hybridized carbons (Fsp3) is 0.100. The van der Waals surface area contributed by atoms with Crippen LogP contribution in [0.25, 0.3) is 10.2 Å². The molecule has 3 aromatic rings. The molecule has 0 fully saturated rings. The molecule has 0 amide bonds. The summed E-state index contributed by atoms with van der Waals surface area (Å²) >= 11 is 2.79. The first-order chi connectivity index (χ1) is 9.13. The van der Waals surface area contributed by atoms with Crippen LogP contribution in [0.1, 0.15) is 0 Å². The van der Waals surface area contributed by atoms with E-state index in [9.17, 15) is 10.1 Å². The second-order valence-electron chi connectivity index (χ2n) is 3.62. The number of rotatable bonds is 3. The smallest absolute Gasteiger partial charge is 0.390 e. The number of thiazole rings is 1. The summed E-state index contributed by atoms with van der Waals surface area (Å²) in [5.74, 6) is -0.397. The quantitative estimate of drug-likeness (QED) is 0.544. The van der Waals surface area contributed by atoms with Gasteiger partial charge in [0, 0.05) is 23.9 Å². The van der Waals surface area contributed by atoms with Gasteiger partial charge >= 0.3 is 5.95 Å². The van der Waals surface area contributed by atoms with E-state index >= 15 is 0 Å². The highest BCUT2D eigenvalue weighted by molar-refractivity contribution is 8.01. The van der Waals surface area contributed by atoms with E-state index in [-0.39, 0.29) is 0 Å². The zero-order valence-electron chi connectivity index (χ0n) is 9.68. The number of nitro groups is 1. The fourth-order valence-electron chi connectivity index (χ4n) is 1.50. The van der Waals surface area contributed by atoms with Gasteiger partial charge in [0.1, 0.15) is 0 Å². The third kappa shape index (κ3) is 2.29. The Bertz CT molecular complexity index is 733. The molecule has 0 unspecified atom stereocenters. The molecule has 9 heteroatoms. The van der Waals surface area contributed by atoms with Gasteiger partial charge in [-0.3, -0.25) is 0 Å². The molecule has 0 aliphatic carbocycles. The second-order valence-corrected chi connectivity index (χ2v) is 5.87. The van der Waals surface area contributed by atoms with Crippen LogP contribution in [0.15, 0.2) is 33.8 Å². The Morgan fingerprint density at radius 3 is 2.84 bits per heavy atom. The minimum absolute atomic E-state index is 0.397. The Morgan fingerprint density at radius 2 is 2.16 bits per heavy atom. The molecule has 2 heterocycles. The van der Waals surface area contributed by atoms with Crippen molar-refractivity contribution in [3.8, 4) is 0 Å². The van der Waals surface area contributed by atoms with Gasteiger partial charge in [-0.25, -0.2) is 4.98 Å². The van der Waals surface area contributed by atoms with Crippen LogP contribution in [0, 0.1) is 10.1 Å². The molecule has 96 valence electrons. The van der Waals surface area contributed by atoms with Crippen LogP contribution in [0.5, 0.6) is 0 Å². The van der Waals surface area contributed by atoms with E-state index < -0.39 is 10.9 Å². The maximum Gasteiger partial charge on any atom is 0.492 e. The Hall–Kier alpha value is -2.00. The minimum atomic E-state index is -0.609. The van der Waals surface area contributed by atoms with Crippen LogP contribution in [-0.4, -0.2) is 24.7 Å².